The van der Waals surface area contributed by atoms with E-state index < -0.39 is 17.2 Å². The standard InChI is InChI=1S/C13H20F3N/c1-8(2)11-10(12(3,4)5)9(7-17(11)6)13(14,15)16/h7-8H,1-6H3. The second-order valence-corrected chi connectivity index (χ2v) is 5.82. The average molecular weight is 247 g/mol. The Bertz CT molecular complexity index is 406. The van der Waals surface area contributed by atoms with Gasteiger partial charge in [-0.2, -0.15) is 13.2 Å². The number of halogens is 3. The zero-order valence-electron chi connectivity index (χ0n) is 11.2. The van der Waals surface area contributed by atoms with E-state index in [1.807, 2.05) is 34.6 Å². The van der Waals surface area contributed by atoms with Gasteiger partial charge in [0, 0.05) is 18.9 Å². The molecule has 1 nitrogen and oxygen atoms in total. The van der Waals surface area contributed by atoms with E-state index in [0.29, 0.717) is 5.56 Å². The van der Waals surface area contributed by atoms with Crippen LogP contribution in [0.3, 0.4) is 0 Å². The predicted octanol–water partition coefficient (Wildman–Crippen LogP) is 4.46. The van der Waals surface area contributed by atoms with Gasteiger partial charge in [0.25, 0.3) is 0 Å². The third-order valence-corrected chi connectivity index (χ3v) is 2.83. The summed E-state index contributed by atoms with van der Waals surface area (Å²) < 4.78 is 40.7. The third-order valence-electron chi connectivity index (χ3n) is 2.83. The highest BCUT2D eigenvalue weighted by Crippen LogP contribution is 2.42. The van der Waals surface area contributed by atoms with E-state index in [9.17, 15) is 13.2 Å². The predicted molar refractivity (Wildman–Crippen MR) is 63.2 cm³/mol. The van der Waals surface area contributed by atoms with Crippen LogP contribution in [0, 0.1) is 0 Å². The van der Waals surface area contributed by atoms with Crippen LogP contribution in [-0.2, 0) is 18.6 Å². The van der Waals surface area contributed by atoms with Gasteiger partial charge in [-0.05, 0) is 16.9 Å². The molecule has 0 spiro atoms. The molecule has 1 aromatic rings. The topological polar surface area (TPSA) is 4.93 Å². The fourth-order valence-electron chi connectivity index (χ4n) is 2.34. The molecule has 98 valence electrons. The molecule has 1 rings (SSSR count). The molecule has 0 saturated carbocycles. The van der Waals surface area contributed by atoms with E-state index in [1.165, 1.54) is 6.20 Å². The van der Waals surface area contributed by atoms with Crippen molar-refractivity contribution in [2.75, 3.05) is 0 Å². The van der Waals surface area contributed by atoms with Gasteiger partial charge in [-0.15, -0.1) is 0 Å². The van der Waals surface area contributed by atoms with E-state index in [1.54, 1.807) is 11.6 Å². The van der Waals surface area contributed by atoms with Crippen LogP contribution in [0.2, 0.25) is 0 Å². The first kappa shape index (κ1) is 14.1. The van der Waals surface area contributed by atoms with Crippen LogP contribution >= 0.6 is 0 Å². The maximum absolute atomic E-state index is 13.0. The quantitative estimate of drug-likeness (QED) is 0.690. The fraction of sp³-hybridized carbons (Fsp3) is 0.692. The maximum Gasteiger partial charge on any atom is 0.418 e. The molecule has 4 heteroatoms. The van der Waals surface area contributed by atoms with Gasteiger partial charge >= 0.3 is 6.18 Å². The third kappa shape index (κ3) is 2.67. The highest BCUT2D eigenvalue weighted by atomic mass is 19.4. The monoisotopic (exact) mass is 247 g/mol. The number of nitrogens with zero attached hydrogens (tertiary/aromatic N) is 1. The van der Waals surface area contributed by atoms with Crippen LogP contribution in [0.4, 0.5) is 13.2 Å². The summed E-state index contributed by atoms with van der Waals surface area (Å²) in [6.07, 6.45) is -3.08. The molecule has 17 heavy (non-hydrogen) atoms. The van der Waals surface area contributed by atoms with Gasteiger partial charge in [0.05, 0.1) is 5.56 Å². The maximum atomic E-state index is 13.0. The summed E-state index contributed by atoms with van der Waals surface area (Å²) >= 11 is 0. The van der Waals surface area contributed by atoms with Crippen molar-refractivity contribution in [3.05, 3.63) is 23.0 Å². The van der Waals surface area contributed by atoms with Gasteiger partial charge in [-0.1, -0.05) is 34.6 Å². The Morgan fingerprint density at radius 1 is 1.12 bits per heavy atom. The van der Waals surface area contributed by atoms with Crippen LogP contribution in [0.5, 0.6) is 0 Å². The molecule has 0 aromatic carbocycles. The highest BCUT2D eigenvalue weighted by Gasteiger charge is 2.40. The summed E-state index contributed by atoms with van der Waals surface area (Å²) in [5, 5.41) is 0. The lowest BCUT2D eigenvalue weighted by atomic mass is 9.82. The lowest BCUT2D eigenvalue weighted by molar-refractivity contribution is -0.138. The highest BCUT2D eigenvalue weighted by molar-refractivity contribution is 5.41. The molecule has 0 saturated heterocycles. The van der Waals surface area contributed by atoms with E-state index in [-0.39, 0.29) is 5.92 Å². The van der Waals surface area contributed by atoms with Crippen LogP contribution in [0.15, 0.2) is 6.20 Å². The summed E-state index contributed by atoms with van der Waals surface area (Å²) in [7, 11) is 1.68. The molecule has 0 bridgehead atoms. The zero-order chi connectivity index (χ0) is 13.6. The summed E-state index contributed by atoms with van der Waals surface area (Å²) in [4.78, 5) is 0. The second kappa shape index (κ2) is 4.07. The van der Waals surface area contributed by atoms with Crippen molar-refractivity contribution in [1.82, 2.24) is 4.57 Å². The molecule has 0 aliphatic rings. The Labute approximate surface area is 101 Å². The summed E-state index contributed by atoms with van der Waals surface area (Å²) in [6.45, 7) is 9.31. The molecular formula is C13H20F3N. The number of rotatable bonds is 1. The molecule has 0 atom stereocenters. The Morgan fingerprint density at radius 3 is 1.88 bits per heavy atom. The fourth-order valence-corrected chi connectivity index (χ4v) is 2.34. The van der Waals surface area contributed by atoms with Crippen molar-refractivity contribution in [2.24, 2.45) is 7.05 Å². The normalized spacial score (nSPS) is 13.5. The number of alkyl halides is 3. The SMILES string of the molecule is CC(C)c1c(C(C)(C)C)c(C(F)(F)F)cn1C. The Morgan fingerprint density at radius 2 is 1.59 bits per heavy atom. The van der Waals surface area contributed by atoms with E-state index >= 15 is 0 Å². The summed E-state index contributed by atoms with van der Waals surface area (Å²) in [5.41, 5.74) is 0.176. The number of hydrogen-bond acceptors (Lipinski definition) is 0. The van der Waals surface area contributed by atoms with Crippen LogP contribution in [0.1, 0.15) is 57.4 Å². The van der Waals surface area contributed by atoms with E-state index in [4.69, 9.17) is 0 Å². The van der Waals surface area contributed by atoms with E-state index in [2.05, 4.69) is 0 Å². The minimum absolute atomic E-state index is 0.0744. The van der Waals surface area contributed by atoms with Crippen LogP contribution < -0.4 is 0 Å². The van der Waals surface area contributed by atoms with Crippen molar-refractivity contribution in [2.45, 2.75) is 52.1 Å². The Balaban J connectivity index is 3.60. The number of aromatic nitrogens is 1. The van der Waals surface area contributed by atoms with Crippen molar-refractivity contribution >= 4 is 0 Å². The van der Waals surface area contributed by atoms with Gasteiger partial charge < -0.3 is 4.57 Å². The molecular weight excluding hydrogens is 227 g/mol. The minimum Gasteiger partial charge on any atom is -0.353 e. The average Bonchev–Trinajstić information content (AvgIpc) is 2.40. The van der Waals surface area contributed by atoms with Gasteiger partial charge in [0.2, 0.25) is 0 Å². The lowest BCUT2D eigenvalue weighted by Crippen LogP contribution is -2.20. The molecule has 0 radical (unpaired) electrons. The second-order valence-electron chi connectivity index (χ2n) is 5.82. The van der Waals surface area contributed by atoms with Gasteiger partial charge in [-0.25, -0.2) is 0 Å². The molecule has 0 N–H and O–H groups in total. The van der Waals surface area contributed by atoms with Crippen molar-refractivity contribution in [3.8, 4) is 0 Å². The molecule has 0 aliphatic heterocycles. The molecule has 0 aliphatic carbocycles. The van der Waals surface area contributed by atoms with Crippen molar-refractivity contribution in [1.29, 1.82) is 0 Å². The molecule has 0 fully saturated rings. The Kier molecular flexibility index (Phi) is 3.38. The minimum atomic E-state index is -4.28. The molecule has 1 aromatic heterocycles. The van der Waals surface area contributed by atoms with E-state index in [0.717, 1.165) is 5.69 Å². The lowest BCUT2D eigenvalue weighted by Gasteiger charge is -2.24. The number of aryl methyl sites for hydroxylation is 1. The van der Waals surface area contributed by atoms with Crippen LogP contribution in [-0.4, -0.2) is 4.57 Å². The number of hydrogen-bond donors (Lipinski definition) is 0. The first-order valence-electron chi connectivity index (χ1n) is 5.73. The largest absolute Gasteiger partial charge is 0.418 e. The molecule has 0 amide bonds. The first-order chi connectivity index (χ1) is 7.46. The molecule has 0 unspecified atom stereocenters. The first-order valence-corrected chi connectivity index (χ1v) is 5.73. The van der Waals surface area contributed by atoms with Crippen molar-refractivity contribution < 1.29 is 13.2 Å². The molecule has 1 heterocycles. The smallest absolute Gasteiger partial charge is 0.353 e. The van der Waals surface area contributed by atoms with Crippen LogP contribution in [0.25, 0.3) is 0 Å². The van der Waals surface area contributed by atoms with Gasteiger partial charge in [0.1, 0.15) is 0 Å². The summed E-state index contributed by atoms with van der Waals surface area (Å²) in [5.74, 6) is 0.0744. The zero-order valence-corrected chi connectivity index (χ0v) is 11.2. The Hall–Kier alpha value is -0.930. The van der Waals surface area contributed by atoms with Gasteiger partial charge in [-0.3, -0.25) is 0 Å². The van der Waals surface area contributed by atoms with Crippen molar-refractivity contribution in [3.63, 3.8) is 0 Å². The van der Waals surface area contributed by atoms with Gasteiger partial charge in [0.15, 0.2) is 0 Å². The summed E-state index contributed by atoms with van der Waals surface area (Å²) in [6, 6.07) is 0.